The summed E-state index contributed by atoms with van der Waals surface area (Å²) in [6.45, 7) is 3.06. The summed E-state index contributed by atoms with van der Waals surface area (Å²) in [4.78, 5) is 0. The largest absolute Gasteiger partial charge is 0.387 e. The van der Waals surface area contributed by atoms with Crippen LogP contribution in [0.4, 0.5) is 0 Å². The molecule has 1 aliphatic heterocycles. The van der Waals surface area contributed by atoms with E-state index in [9.17, 15) is 0 Å². The molecule has 0 aromatic carbocycles. The van der Waals surface area contributed by atoms with E-state index in [0.29, 0.717) is 0 Å². The highest BCUT2D eigenvalue weighted by atomic mass is 14.8. The predicted molar refractivity (Wildman–Crippen MR) is 29.6 cm³/mol. The van der Waals surface area contributed by atoms with E-state index in [-0.39, 0.29) is 0 Å². The predicted octanol–water partition coefficient (Wildman–Crippen LogP) is 0.853. The third-order valence-corrected chi connectivity index (χ3v) is 0.896. The van der Waals surface area contributed by atoms with Crippen molar-refractivity contribution < 1.29 is 0 Å². The van der Waals surface area contributed by atoms with Gasteiger partial charge in [0.15, 0.2) is 0 Å². The number of hydrogen-bond acceptors (Lipinski definition) is 1. The van der Waals surface area contributed by atoms with Crippen LogP contribution in [0.1, 0.15) is 6.92 Å². The van der Waals surface area contributed by atoms with Crippen LogP contribution >= 0.6 is 0 Å². The van der Waals surface area contributed by atoms with Gasteiger partial charge in [-0.25, -0.2) is 0 Å². The van der Waals surface area contributed by atoms with E-state index in [0.717, 1.165) is 6.54 Å². The molecule has 1 radical (unpaired) electrons. The van der Waals surface area contributed by atoms with Crippen LogP contribution in [0, 0.1) is 6.08 Å². The zero-order valence-corrected chi connectivity index (χ0v) is 4.36. The van der Waals surface area contributed by atoms with Gasteiger partial charge in [0, 0.05) is 12.7 Å². The normalized spacial score (nSPS) is 18.1. The Hall–Kier alpha value is -0.720. The van der Waals surface area contributed by atoms with Gasteiger partial charge < -0.3 is 5.32 Å². The summed E-state index contributed by atoms with van der Waals surface area (Å²) in [5, 5.41) is 3.03. The van der Waals surface area contributed by atoms with Crippen LogP contribution in [0.3, 0.4) is 0 Å². The van der Waals surface area contributed by atoms with Crippen molar-refractivity contribution in [3.8, 4) is 0 Å². The molecule has 0 saturated carbocycles. The molecule has 1 heterocycles. The molecule has 1 nitrogen and oxygen atoms in total. The molecule has 0 atom stereocenters. The minimum atomic E-state index is 0.979. The maximum absolute atomic E-state index is 3.03. The molecule has 0 aliphatic carbocycles. The Kier molecular flexibility index (Phi) is 1.16. The lowest BCUT2D eigenvalue weighted by molar-refractivity contribution is 0.915. The van der Waals surface area contributed by atoms with Gasteiger partial charge in [0.25, 0.3) is 0 Å². The van der Waals surface area contributed by atoms with Gasteiger partial charge >= 0.3 is 0 Å². The van der Waals surface area contributed by atoms with Crippen molar-refractivity contribution in [3.05, 3.63) is 23.9 Å². The van der Waals surface area contributed by atoms with Crippen molar-refractivity contribution >= 4 is 0 Å². The zero-order valence-electron chi connectivity index (χ0n) is 4.36. The third kappa shape index (κ3) is 1.07. The highest BCUT2D eigenvalue weighted by Crippen LogP contribution is 1.92. The van der Waals surface area contributed by atoms with E-state index in [1.807, 2.05) is 12.3 Å². The second kappa shape index (κ2) is 1.82. The average molecular weight is 94.1 g/mol. The van der Waals surface area contributed by atoms with Crippen molar-refractivity contribution in [3.63, 3.8) is 0 Å². The fourth-order valence-electron chi connectivity index (χ4n) is 0.506. The van der Waals surface area contributed by atoms with Gasteiger partial charge in [-0.2, -0.15) is 0 Å². The Bertz CT molecular complexity index is 111. The Balaban J connectivity index is 2.57. The van der Waals surface area contributed by atoms with Crippen LogP contribution in [0.15, 0.2) is 17.8 Å². The summed E-state index contributed by atoms with van der Waals surface area (Å²) in [5.41, 5.74) is 1.34. The molecule has 1 rings (SSSR count). The first-order valence-electron chi connectivity index (χ1n) is 2.36. The Labute approximate surface area is 43.7 Å². The summed E-state index contributed by atoms with van der Waals surface area (Å²) in [7, 11) is 0. The second-order valence-electron chi connectivity index (χ2n) is 1.68. The number of hydrogen-bond donors (Lipinski definition) is 1. The summed E-state index contributed by atoms with van der Waals surface area (Å²) in [6, 6.07) is 0. The van der Waals surface area contributed by atoms with E-state index in [1.54, 1.807) is 0 Å². The van der Waals surface area contributed by atoms with Gasteiger partial charge in [-0.1, -0.05) is 11.6 Å². The minimum Gasteiger partial charge on any atom is -0.387 e. The molecule has 0 aromatic heterocycles. The fourth-order valence-corrected chi connectivity index (χ4v) is 0.506. The maximum Gasteiger partial charge on any atom is 0.0355 e. The Morgan fingerprint density at radius 3 is 3.00 bits per heavy atom. The average Bonchev–Trinajstić information content (AvgIpc) is 1.69. The first-order chi connectivity index (χ1) is 3.39. The molecule has 0 unspecified atom stereocenters. The minimum absolute atomic E-state index is 0.979. The lowest BCUT2D eigenvalue weighted by atomic mass is 10.2. The fraction of sp³-hybridized carbons (Fsp3) is 0.333. The maximum atomic E-state index is 3.03. The van der Waals surface area contributed by atoms with Crippen molar-refractivity contribution in [1.29, 1.82) is 0 Å². The van der Waals surface area contributed by atoms with Crippen molar-refractivity contribution in [2.45, 2.75) is 6.92 Å². The molecule has 0 aromatic rings. The van der Waals surface area contributed by atoms with Crippen LogP contribution in [0.5, 0.6) is 0 Å². The molecule has 1 aliphatic rings. The monoisotopic (exact) mass is 94.1 g/mol. The van der Waals surface area contributed by atoms with Crippen molar-refractivity contribution in [2.75, 3.05) is 6.54 Å². The highest BCUT2D eigenvalue weighted by molar-refractivity contribution is 5.11. The Morgan fingerprint density at radius 2 is 2.71 bits per heavy atom. The molecule has 7 heavy (non-hydrogen) atoms. The van der Waals surface area contributed by atoms with Crippen LogP contribution in [-0.2, 0) is 0 Å². The van der Waals surface area contributed by atoms with E-state index in [2.05, 4.69) is 18.3 Å². The summed E-state index contributed by atoms with van der Waals surface area (Å²) < 4.78 is 0. The number of rotatable bonds is 0. The topological polar surface area (TPSA) is 12.0 Å². The van der Waals surface area contributed by atoms with Crippen molar-refractivity contribution in [1.82, 2.24) is 5.32 Å². The standard InChI is InChI=1S/C6H8N/c1-6-3-2-4-7-5-6/h3-4,7H,5H2,1H3. The molecule has 37 valence electrons. The van der Waals surface area contributed by atoms with E-state index >= 15 is 0 Å². The first-order valence-corrected chi connectivity index (χ1v) is 2.36. The molecule has 1 N–H and O–H groups in total. The van der Waals surface area contributed by atoms with Gasteiger partial charge in [-0.05, 0) is 13.0 Å². The lowest BCUT2D eigenvalue weighted by Gasteiger charge is -2.02. The molecule has 0 saturated heterocycles. The molecular formula is C6H8N. The van der Waals surface area contributed by atoms with E-state index in [4.69, 9.17) is 0 Å². The van der Waals surface area contributed by atoms with Gasteiger partial charge in [-0.3, -0.25) is 0 Å². The zero-order chi connectivity index (χ0) is 5.11. The number of nitrogens with one attached hydrogen (secondary N) is 1. The molecule has 0 spiro atoms. The van der Waals surface area contributed by atoms with Gasteiger partial charge in [-0.15, -0.1) is 0 Å². The van der Waals surface area contributed by atoms with E-state index < -0.39 is 0 Å². The number of dihydropyridines is 1. The number of allylic oxidation sites excluding steroid dienone is 2. The summed E-state index contributed by atoms with van der Waals surface area (Å²) in [5.74, 6) is 0. The van der Waals surface area contributed by atoms with E-state index in [1.165, 1.54) is 5.57 Å². The molecule has 0 fully saturated rings. The van der Waals surface area contributed by atoms with Crippen LogP contribution < -0.4 is 5.32 Å². The molecular weight excluding hydrogens is 86.1 g/mol. The Morgan fingerprint density at radius 1 is 1.86 bits per heavy atom. The SMILES string of the molecule is CC1=C[C]=CNC1. The van der Waals surface area contributed by atoms with Crippen LogP contribution in [0.2, 0.25) is 0 Å². The lowest BCUT2D eigenvalue weighted by Crippen LogP contribution is -2.10. The van der Waals surface area contributed by atoms with Crippen LogP contribution in [0.25, 0.3) is 0 Å². The molecule has 1 heteroatoms. The summed E-state index contributed by atoms with van der Waals surface area (Å²) >= 11 is 0. The third-order valence-electron chi connectivity index (χ3n) is 0.896. The van der Waals surface area contributed by atoms with Crippen LogP contribution in [-0.4, -0.2) is 6.54 Å². The van der Waals surface area contributed by atoms with Crippen molar-refractivity contribution in [2.24, 2.45) is 0 Å². The highest BCUT2D eigenvalue weighted by Gasteiger charge is 1.86. The van der Waals surface area contributed by atoms with Gasteiger partial charge in [0.2, 0.25) is 0 Å². The molecule has 0 amide bonds. The summed E-state index contributed by atoms with van der Waals surface area (Å²) in [6.07, 6.45) is 6.75. The van der Waals surface area contributed by atoms with Gasteiger partial charge in [0.1, 0.15) is 0 Å². The first kappa shape index (κ1) is 4.44. The second-order valence-corrected chi connectivity index (χ2v) is 1.68. The smallest absolute Gasteiger partial charge is 0.0355 e. The molecule has 0 bridgehead atoms. The quantitative estimate of drug-likeness (QED) is 0.469. The van der Waals surface area contributed by atoms with Gasteiger partial charge in [0.05, 0.1) is 0 Å².